The van der Waals surface area contributed by atoms with Gasteiger partial charge in [0.25, 0.3) is 0 Å². The van der Waals surface area contributed by atoms with Crippen molar-refractivity contribution in [2.45, 2.75) is 44.1 Å². The Morgan fingerprint density at radius 3 is 2.48 bits per heavy atom. The standard InChI is InChI=1S/C17H23NO3/c1-20-15-8-5-12(9-16(15)21-2)14(11-3-4-11)10-17(19)18-13-6-7-13/h5,8-9,11,13-14H,3-4,6-7,10H2,1-2H3,(H,18,19). The van der Waals surface area contributed by atoms with Crippen LogP contribution in [0.4, 0.5) is 0 Å². The first-order valence-corrected chi connectivity index (χ1v) is 7.72. The van der Waals surface area contributed by atoms with E-state index >= 15 is 0 Å². The minimum absolute atomic E-state index is 0.184. The van der Waals surface area contributed by atoms with Gasteiger partial charge in [-0.1, -0.05) is 6.07 Å². The second-order valence-electron chi connectivity index (χ2n) is 6.10. The van der Waals surface area contributed by atoms with Crippen LogP contribution in [0.2, 0.25) is 0 Å². The second kappa shape index (κ2) is 5.96. The predicted octanol–water partition coefficient (Wildman–Crippen LogP) is 2.87. The molecule has 2 aliphatic carbocycles. The summed E-state index contributed by atoms with van der Waals surface area (Å²) in [4.78, 5) is 12.1. The quantitative estimate of drug-likeness (QED) is 0.839. The summed E-state index contributed by atoms with van der Waals surface area (Å²) in [5.41, 5.74) is 1.18. The Kier molecular flexibility index (Phi) is 4.04. The molecule has 114 valence electrons. The van der Waals surface area contributed by atoms with E-state index in [2.05, 4.69) is 11.4 Å². The Bertz CT molecular complexity index is 521. The Balaban J connectivity index is 1.74. The lowest BCUT2D eigenvalue weighted by atomic mass is 9.90. The van der Waals surface area contributed by atoms with Gasteiger partial charge in [-0.05, 0) is 55.2 Å². The van der Waals surface area contributed by atoms with Gasteiger partial charge in [0, 0.05) is 12.5 Å². The summed E-state index contributed by atoms with van der Waals surface area (Å²) >= 11 is 0. The molecule has 2 aliphatic rings. The maximum atomic E-state index is 12.1. The van der Waals surface area contributed by atoms with E-state index in [1.807, 2.05) is 12.1 Å². The molecule has 1 atom stereocenters. The van der Waals surface area contributed by atoms with Gasteiger partial charge < -0.3 is 14.8 Å². The summed E-state index contributed by atoms with van der Waals surface area (Å²) in [6.45, 7) is 0. The number of nitrogens with one attached hydrogen (secondary N) is 1. The van der Waals surface area contributed by atoms with Crippen LogP contribution in [-0.2, 0) is 4.79 Å². The third kappa shape index (κ3) is 3.49. The number of carbonyl (C=O) groups is 1. The van der Waals surface area contributed by atoms with E-state index in [0.717, 1.165) is 24.3 Å². The maximum absolute atomic E-state index is 12.1. The molecule has 0 heterocycles. The van der Waals surface area contributed by atoms with E-state index in [1.165, 1.54) is 18.4 Å². The van der Waals surface area contributed by atoms with Gasteiger partial charge in [-0.2, -0.15) is 0 Å². The summed E-state index contributed by atoms with van der Waals surface area (Å²) in [5.74, 6) is 2.59. The fourth-order valence-electron chi connectivity index (χ4n) is 2.85. The molecule has 0 spiro atoms. The van der Waals surface area contributed by atoms with Crippen molar-refractivity contribution in [1.82, 2.24) is 5.32 Å². The van der Waals surface area contributed by atoms with Gasteiger partial charge in [-0.3, -0.25) is 4.79 Å². The third-order valence-electron chi connectivity index (χ3n) is 4.37. The second-order valence-corrected chi connectivity index (χ2v) is 6.10. The average molecular weight is 289 g/mol. The number of methoxy groups -OCH3 is 2. The van der Waals surface area contributed by atoms with Crippen LogP contribution in [0.3, 0.4) is 0 Å². The molecule has 3 rings (SSSR count). The summed E-state index contributed by atoms with van der Waals surface area (Å²) in [7, 11) is 3.28. The SMILES string of the molecule is COc1ccc(C(CC(=O)NC2CC2)C2CC2)cc1OC. The van der Waals surface area contributed by atoms with Crippen LogP contribution >= 0.6 is 0 Å². The van der Waals surface area contributed by atoms with Crippen molar-refractivity contribution < 1.29 is 14.3 Å². The fourth-order valence-corrected chi connectivity index (χ4v) is 2.85. The minimum Gasteiger partial charge on any atom is -0.493 e. The lowest BCUT2D eigenvalue weighted by molar-refractivity contribution is -0.121. The van der Waals surface area contributed by atoms with Gasteiger partial charge >= 0.3 is 0 Å². The van der Waals surface area contributed by atoms with Gasteiger partial charge in [0.1, 0.15) is 0 Å². The molecule has 1 aromatic rings. The summed E-state index contributed by atoms with van der Waals surface area (Å²) in [6.07, 6.45) is 5.29. The van der Waals surface area contributed by atoms with E-state index < -0.39 is 0 Å². The van der Waals surface area contributed by atoms with Gasteiger partial charge in [0.15, 0.2) is 11.5 Å². The molecule has 1 aromatic carbocycles. The molecular weight excluding hydrogens is 266 g/mol. The highest BCUT2D eigenvalue weighted by atomic mass is 16.5. The first kappa shape index (κ1) is 14.2. The zero-order chi connectivity index (χ0) is 14.8. The van der Waals surface area contributed by atoms with Gasteiger partial charge in [0.05, 0.1) is 14.2 Å². The van der Waals surface area contributed by atoms with Crippen molar-refractivity contribution >= 4 is 5.91 Å². The number of amides is 1. The summed E-state index contributed by atoms with van der Waals surface area (Å²) in [6, 6.07) is 6.45. The van der Waals surface area contributed by atoms with Gasteiger partial charge in [-0.15, -0.1) is 0 Å². The molecule has 21 heavy (non-hydrogen) atoms. The molecule has 0 aliphatic heterocycles. The molecule has 4 heteroatoms. The predicted molar refractivity (Wildman–Crippen MR) is 80.8 cm³/mol. The average Bonchev–Trinajstić information content (AvgIpc) is 3.37. The molecule has 0 saturated heterocycles. The van der Waals surface area contributed by atoms with E-state index in [-0.39, 0.29) is 5.91 Å². The monoisotopic (exact) mass is 289 g/mol. The highest BCUT2D eigenvalue weighted by molar-refractivity contribution is 5.77. The molecule has 4 nitrogen and oxygen atoms in total. The highest BCUT2D eigenvalue weighted by Crippen LogP contribution is 2.46. The number of carbonyl (C=O) groups excluding carboxylic acids is 1. The van der Waals surface area contributed by atoms with Crippen LogP contribution < -0.4 is 14.8 Å². The zero-order valence-electron chi connectivity index (χ0n) is 12.7. The molecule has 1 amide bonds. The van der Waals surface area contributed by atoms with Crippen molar-refractivity contribution in [3.63, 3.8) is 0 Å². The normalized spacial score (nSPS) is 19.0. The number of hydrogen-bond donors (Lipinski definition) is 1. The number of rotatable bonds is 7. The third-order valence-corrected chi connectivity index (χ3v) is 4.37. The first-order valence-electron chi connectivity index (χ1n) is 7.72. The van der Waals surface area contributed by atoms with Gasteiger partial charge in [-0.25, -0.2) is 0 Å². The Labute approximate surface area is 125 Å². The van der Waals surface area contributed by atoms with E-state index in [1.54, 1.807) is 14.2 Å². The summed E-state index contributed by atoms with van der Waals surface area (Å²) in [5, 5.41) is 3.09. The van der Waals surface area contributed by atoms with E-state index in [9.17, 15) is 4.79 Å². The van der Waals surface area contributed by atoms with Crippen LogP contribution in [-0.4, -0.2) is 26.2 Å². The van der Waals surface area contributed by atoms with Crippen molar-refractivity contribution in [1.29, 1.82) is 0 Å². The molecular formula is C17H23NO3. The zero-order valence-corrected chi connectivity index (χ0v) is 12.7. The number of hydrogen-bond acceptors (Lipinski definition) is 3. The number of ether oxygens (including phenoxy) is 2. The topological polar surface area (TPSA) is 47.6 Å². The smallest absolute Gasteiger partial charge is 0.220 e. The first-order chi connectivity index (χ1) is 10.2. The summed E-state index contributed by atoms with van der Waals surface area (Å²) < 4.78 is 10.7. The maximum Gasteiger partial charge on any atom is 0.220 e. The van der Waals surface area contributed by atoms with Crippen LogP contribution in [0.1, 0.15) is 43.6 Å². The van der Waals surface area contributed by atoms with Crippen molar-refractivity contribution in [3.8, 4) is 11.5 Å². The molecule has 2 fully saturated rings. The fraction of sp³-hybridized carbons (Fsp3) is 0.588. The van der Waals surface area contributed by atoms with Crippen LogP contribution in [0.25, 0.3) is 0 Å². The van der Waals surface area contributed by atoms with Crippen molar-refractivity contribution in [3.05, 3.63) is 23.8 Å². The Hall–Kier alpha value is -1.71. The Morgan fingerprint density at radius 1 is 1.19 bits per heavy atom. The molecule has 1 unspecified atom stereocenters. The Morgan fingerprint density at radius 2 is 1.90 bits per heavy atom. The van der Waals surface area contributed by atoms with Crippen LogP contribution in [0, 0.1) is 5.92 Å². The van der Waals surface area contributed by atoms with Crippen molar-refractivity contribution in [2.75, 3.05) is 14.2 Å². The largest absolute Gasteiger partial charge is 0.493 e. The number of benzene rings is 1. The lowest BCUT2D eigenvalue weighted by Crippen LogP contribution is -2.27. The molecule has 1 N–H and O–H groups in total. The van der Waals surface area contributed by atoms with Crippen LogP contribution in [0.5, 0.6) is 11.5 Å². The molecule has 0 radical (unpaired) electrons. The van der Waals surface area contributed by atoms with Crippen LogP contribution in [0.15, 0.2) is 18.2 Å². The van der Waals surface area contributed by atoms with E-state index in [4.69, 9.17) is 9.47 Å². The lowest BCUT2D eigenvalue weighted by Gasteiger charge is -2.18. The molecule has 0 aromatic heterocycles. The van der Waals surface area contributed by atoms with Crippen molar-refractivity contribution in [2.24, 2.45) is 5.92 Å². The molecule has 2 saturated carbocycles. The highest BCUT2D eigenvalue weighted by Gasteiger charge is 2.35. The minimum atomic E-state index is 0.184. The molecule has 0 bridgehead atoms. The van der Waals surface area contributed by atoms with Gasteiger partial charge in [0.2, 0.25) is 5.91 Å². The van der Waals surface area contributed by atoms with E-state index in [0.29, 0.717) is 24.3 Å².